The van der Waals surface area contributed by atoms with Crippen molar-refractivity contribution in [1.29, 1.82) is 0 Å². The highest BCUT2D eigenvalue weighted by Crippen LogP contribution is 2.49. The smallest absolute Gasteiger partial charge is 0.244 e. The van der Waals surface area contributed by atoms with Crippen molar-refractivity contribution in [1.82, 2.24) is 8.61 Å². The van der Waals surface area contributed by atoms with Gasteiger partial charge in [0, 0.05) is 18.5 Å². The number of benzene rings is 4. The molecule has 6 rings (SSSR count). The number of hydrogen-bond acceptors (Lipinski definition) is 5. The topological polar surface area (TPSA) is 84.0 Å². The van der Waals surface area contributed by atoms with E-state index in [9.17, 15) is 16.8 Å². The van der Waals surface area contributed by atoms with Crippen molar-refractivity contribution in [2.75, 3.05) is 13.2 Å². The first-order valence-electron chi connectivity index (χ1n) is 15.7. The van der Waals surface area contributed by atoms with Gasteiger partial charge in [0.05, 0.1) is 40.3 Å². The molecule has 0 amide bonds. The summed E-state index contributed by atoms with van der Waals surface area (Å²) < 4.78 is 67.9. The molecule has 4 aromatic rings. The number of sulfonamides is 2. The fourth-order valence-corrected chi connectivity index (χ4v) is 10.1. The van der Waals surface area contributed by atoms with E-state index < -0.39 is 38.2 Å². The standard InChI is InChI=1S/C37H40N2O5S2/c1-5-44-37-24-35(29-11-7-6-8-12-29)39(46(42,43)32-20-16-27(3)17-21-32)36-23-34(30-13-9-10-28(4)22-30)38(25-33(36)37)45(40,41)31-18-14-26(2)15-19-31/h6-22,34-36H,5,23-25H2,1-4H3/t34?,35?,36-/m0/s1. The maximum absolute atomic E-state index is 14.8. The van der Waals surface area contributed by atoms with Crippen LogP contribution in [-0.4, -0.2) is 44.6 Å². The third kappa shape index (κ3) is 6.05. The van der Waals surface area contributed by atoms with Gasteiger partial charge in [0.2, 0.25) is 20.0 Å². The number of nitrogens with zero attached hydrogens (tertiary/aromatic N) is 2. The quantitative estimate of drug-likeness (QED) is 0.200. The fourth-order valence-electron chi connectivity index (χ4n) is 6.71. The number of ether oxygens (including phenoxy) is 1. The zero-order valence-corrected chi connectivity index (χ0v) is 28.3. The normalized spacial score (nSPS) is 21.2. The van der Waals surface area contributed by atoms with Gasteiger partial charge in [-0.15, -0.1) is 0 Å². The second kappa shape index (κ2) is 12.8. The van der Waals surface area contributed by atoms with Gasteiger partial charge in [-0.3, -0.25) is 0 Å². The lowest BCUT2D eigenvalue weighted by atomic mass is 9.84. The Morgan fingerprint density at radius 2 is 1.24 bits per heavy atom. The molecule has 2 unspecified atom stereocenters. The maximum Gasteiger partial charge on any atom is 0.244 e. The molecule has 2 heterocycles. The minimum atomic E-state index is -4.03. The third-order valence-corrected chi connectivity index (χ3v) is 12.8. The average Bonchev–Trinajstić information content (AvgIpc) is 3.05. The van der Waals surface area contributed by atoms with Crippen molar-refractivity contribution in [3.8, 4) is 0 Å². The number of aryl methyl sites for hydroxylation is 3. The summed E-state index contributed by atoms with van der Waals surface area (Å²) in [5.41, 5.74) is 5.29. The molecule has 46 heavy (non-hydrogen) atoms. The number of piperidine rings is 1. The van der Waals surface area contributed by atoms with Crippen molar-refractivity contribution < 1.29 is 21.6 Å². The summed E-state index contributed by atoms with van der Waals surface area (Å²) in [6.45, 7) is 8.11. The number of rotatable bonds is 8. The van der Waals surface area contributed by atoms with Crippen molar-refractivity contribution >= 4 is 20.0 Å². The van der Waals surface area contributed by atoms with Gasteiger partial charge in [0.1, 0.15) is 0 Å². The van der Waals surface area contributed by atoms with Gasteiger partial charge in [0.15, 0.2) is 0 Å². The maximum atomic E-state index is 14.8. The molecule has 240 valence electrons. The molecule has 1 saturated heterocycles. The van der Waals surface area contributed by atoms with Crippen LogP contribution in [-0.2, 0) is 24.8 Å². The first-order chi connectivity index (χ1) is 22.0. The molecule has 0 bridgehead atoms. The van der Waals surface area contributed by atoms with Gasteiger partial charge < -0.3 is 4.74 Å². The van der Waals surface area contributed by atoms with E-state index in [1.54, 1.807) is 40.7 Å². The van der Waals surface area contributed by atoms with Gasteiger partial charge in [-0.2, -0.15) is 8.61 Å². The minimum Gasteiger partial charge on any atom is -0.498 e. The Bertz CT molecular complexity index is 1960. The van der Waals surface area contributed by atoms with E-state index in [4.69, 9.17) is 4.74 Å². The Morgan fingerprint density at radius 3 is 1.83 bits per heavy atom. The van der Waals surface area contributed by atoms with Crippen LogP contribution in [0.5, 0.6) is 0 Å². The van der Waals surface area contributed by atoms with Crippen LogP contribution in [0.1, 0.15) is 59.7 Å². The summed E-state index contributed by atoms with van der Waals surface area (Å²) in [5.74, 6) is 0.656. The molecule has 0 aliphatic carbocycles. The van der Waals surface area contributed by atoms with Gasteiger partial charge in [-0.1, -0.05) is 95.6 Å². The first-order valence-corrected chi connectivity index (χ1v) is 18.5. The molecule has 0 saturated carbocycles. The molecule has 7 nitrogen and oxygen atoms in total. The highest BCUT2D eigenvalue weighted by atomic mass is 32.2. The Kier molecular flexibility index (Phi) is 8.95. The summed E-state index contributed by atoms with van der Waals surface area (Å²) in [7, 11) is -8.01. The van der Waals surface area contributed by atoms with E-state index in [1.165, 1.54) is 4.31 Å². The SMILES string of the molecule is CCOC1=C2CN(S(=O)(=O)c3ccc(C)cc3)C(c3cccc(C)c3)C[C@@H]2N(S(=O)(=O)c2ccc(C)cc2)C(c2ccccc2)C1. The number of fused-ring (bicyclic) bond motifs is 1. The zero-order chi connectivity index (χ0) is 32.6. The monoisotopic (exact) mass is 656 g/mol. The van der Waals surface area contributed by atoms with Crippen LogP contribution in [0.4, 0.5) is 0 Å². The molecular weight excluding hydrogens is 617 g/mol. The Balaban J connectivity index is 1.57. The van der Waals surface area contributed by atoms with Gasteiger partial charge in [-0.25, -0.2) is 16.8 Å². The molecule has 0 aromatic heterocycles. The molecule has 4 aromatic carbocycles. The van der Waals surface area contributed by atoms with Crippen molar-refractivity contribution in [3.05, 3.63) is 142 Å². The third-order valence-electron chi connectivity index (χ3n) is 9.03. The molecule has 2 aliphatic rings. The first kappa shape index (κ1) is 32.2. The highest BCUT2D eigenvalue weighted by Gasteiger charge is 2.51. The summed E-state index contributed by atoms with van der Waals surface area (Å²) in [6, 6.07) is 29.5. The summed E-state index contributed by atoms with van der Waals surface area (Å²) in [6.07, 6.45) is 0.525. The van der Waals surface area contributed by atoms with Gasteiger partial charge in [0.25, 0.3) is 0 Å². The molecule has 3 atom stereocenters. The van der Waals surface area contributed by atoms with E-state index >= 15 is 0 Å². The lowest BCUT2D eigenvalue weighted by molar-refractivity contribution is 0.118. The average molecular weight is 657 g/mol. The van der Waals surface area contributed by atoms with Crippen LogP contribution in [0.15, 0.2) is 124 Å². The van der Waals surface area contributed by atoms with E-state index in [0.29, 0.717) is 24.4 Å². The van der Waals surface area contributed by atoms with Crippen molar-refractivity contribution in [3.63, 3.8) is 0 Å². The largest absolute Gasteiger partial charge is 0.498 e. The van der Waals surface area contributed by atoms with Crippen LogP contribution < -0.4 is 0 Å². The molecule has 1 fully saturated rings. The summed E-state index contributed by atoms with van der Waals surface area (Å²) >= 11 is 0. The van der Waals surface area contributed by atoms with E-state index in [-0.39, 0.29) is 22.8 Å². The van der Waals surface area contributed by atoms with Crippen molar-refractivity contribution in [2.45, 2.75) is 68.5 Å². The molecule has 0 radical (unpaired) electrons. The minimum absolute atomic E-state index is 0.0102. The zero-order valence-electron chi connectivity index (χ0n) is 26.6. The van der Waals surface area contributed by atoms with Crippen LogP contribution >= 0.6 is 0 Å². The Morgan fingerprint density at radius 1 is 0.652 bits per heavy atom. The molecular formula is C37H40N2O5S2. The van der Waals surface area contributed by atoms with E-state index in [2.05, 4.69) is 0 Å². The van der Waals surface area contributed by atoms with Gasteiger partial charge in [-0.05, 0) is 69.5 Å². The predicted octanol–water partition coefficient (Wildman–Crippen LogP) is 7.24. The second-order valence-corrected chi connectivity index (χ2v) is 15.9. The molecule has 0 N–H and O–H groups in total. The van der Waals surface area contributed by atoms with Crippen LogP contribution in [0.3, 0.4) is 0 Å². The van der Waals surface area contributed by atoms with E-state index in [0.717, 1.165) is 27.8 Å². The summed E-state index contributed by atoms with van der Waals surface area (Å²) in [4.78, 5) is 0.412. The molecule has 9 heteroatoms. The second-order valence-electron chi connectivity index (χ2n) is 12.2. The molecule has 0 spiro atoms. The van der Waals surface area contributed by atoms with Gasteiger partial charge >= 0.3 is 0 Å². The lowest BCUT2D eigenvalue weighted by Gasteiger charge is -2.49. The predicted molar refractivity (Wildman–Crippen MR) is 180 cm³/mol. The molecule has 2 aliphatic heterocycles. The van der Waals surface area contributed by atoms with Crippen LogP contribution in [0, 0.1) is 20.8 Å². The van der Waals surface area contributed by atoms with Crippen molar-refractivity contribution in [2.24, 2.45) is 0 Å². The Hall–Kier alpha value is -3.76. The summed E-state index contributed by atoms with van der Waals surface area (Å²) in [5, 5.41) is 0. The highest BCUT2D eigenvalue weighted by molar-refractivity contribution is 7.89. The fraction of sp³-hybridized carbons (Fsp3) is 0.297. The van der Waals surface area contributed by atoms with Crippen LogP contribution in [0.25, 0.3) is 0 Å². The van der Waals surface area contributed by atoms with E-state index in [1.807, 2.05) is 94.4 Å². The number of hydrogen-bond donors (Lipinski definition) is 0. The van der Waals surface area contributed by atoms with Crippen LogP contribution in [0.2, 0.25) is 0 Å². The lowest BCUT2D eigenvalue weighted by Crippen LogP contribution is -2.54. The Labute approximate surface area is 273 Å².